The van der Waals surface area contributed by atoms with Crippen molar-refractivity contribution in [2.24, 2.45) is 0 Å². The third-order valence-electron chi connectivity index (χ3n) is 3.50. The molecule has 92 valence electrons. The van der Waals surface area contributed by atoms with Gasteiger partial charge in [-0.2, -0.15) is 0 Å². The third kappa shape index (κ3) is 2.28. The molecule has 2 rings (SSSR count). The highest BCUT2D eigenvalue weighted by Gasteiger charge is 2.29. The molecule has 0 aromatic heterocycles. The highest BCUT2D eigenvalue weighted by Crippen LogP contribution is 2.32. The van der Waals surface area contributed by atoms with E-state index in [2.05, 4.69) is 11.4 Å². The first-order valence-electron chi connectivity index (χ1n) is 6.20. The first kappa shape index (κ1) is 12.0. The number of carbonyl (C=O) groups excluding carboxylic acids is 1. The zero-order valence-electron chi connectivity index (χ0n) is 10.7. The number of likely N-dealkylation sites (N-methyl/N-ethyl adjacent to an activating group) is 1. The number of benzene rings is 1. The Balaban J connectivity index is 2.27. The molecule has 17 heavy (non-hydrogen) atoms. The fraction of sp³-hybridized carbons (Fsp3) is 0.500. The van der Waals surface area contributed by atoms with Gasteiger partial charge in [0.1, 0.15) is 0 Å². The van der Waals surface area contributed by atoms with Gasteiger partial charge in [-0.15, -0.1) is 0 Å². The van der Waals surface area contributed by atoms with Gasteiger partial charge in [-0.1, -0.05) is 18.2 Å². The van der Waals surface area contributed by atoms with Crippen LogP contribution < -0.4 is 5.32 Å². The van der Waals surface area contributed by atoms with E-state index < -0.39 is 0 Å². The zero-order valence-corrected chi connectivity index (χ0v) is 10.7. The van der Waals surface area contributed by atoms with E-state index in [1.54, 1.807) is 0 Å². The van der Waals surface area contributed by atoms with Gasteiger partial charge in [-0.05, 0) is 31.9 Å². The number of amides is 1. The Kier molecular flexibility index (Phi) is 3.36. The van der Waals surface area contributed by atoms with Gasteiger partial charge in [-0.25, -0.2) is 0 Å². The molecule has 0 aliphatic carbocycles. The Bertz CT molecular complexity index is 414. The quantitative estimate of drug-likeness (QED) is 0.849. The van der Waals surface area contributed by atoms with Crippen LogP contribution in [0.3, 0.4) is 0 Å². The molecule has 0 saturated carbocycles. The summed E-state index contributed by atoms with van der Waals surface area (Å²) in [6.07, 6.45) is 0.882. The average molecular weight is 232 g/mol. The molecule has 0 fully saturated rings. The molecule has 0 saturated heterocycles. The van der Waals surface area contributed by atoms with Crippen LogP contribution in [0, 0.1) is 0 Å². The standard InChI is InChI=1S/C14H20N2O/c1-10(2)16(3)14(17)12-8-9-15-13-7-5-4-6-11(12)13/h4-7,10,12,15H,8-9H2,1-3H3. The second kappa shape index (κ2) is 4.78. The van der Waals surface area contributed by atoms with E-state index in [-0.39, 0.29) is 17.9 Å². The summed E-state index contributed by atoms with van der Waals surface area (Å²) in [4.78, 5) is 14.2. The van der Waals surface area contributed by atoms with Crippen molar-refractivity contribution in [1.29, 1.82) is 0 Å². The second-order valence-corrected chi connectivity index (χ2v) is 4.90. The second-order valence-electron chi connectivity index (χ2n) is 4.90. The fourth-order valence-corrected chi connectivity index (χ4v) is 2.23. The van der Waals surface area contributed by atoms with Crippen LogP contribution >= 0.6 is 0 Å². The van der Waals surface area contributed by atoms with Gasteiger partial charge in [0.15, 0.2) is 0 Å². The maximum atomic E-state index is 12.4. The van der Waals surface area contributed by atoms with Crippen molar-refractivity contribution in [2.45, 2.75) is 32.2 Å². The number of anilines is 1. The molecule has 0 radical (unpaired) electrons. The molecular weight excluding hydrogens is 212 g/mol. The van der Waals surface area contributed by atoms with Crippen LogP contribution in [0.25, 0.3) is 0 Å². The summed E-state index contributed by atoms with van der Waals surface area (Å²) in [5.74, 6) is 0.244. The van der Waals surface area contributed by atoms with E-state index >= 15 is 0 Å². The van der Waals surface area contributed by atoms with Gasteiger partial charge in [0.05, 0.1) is 5.92 Å². The first-order valence-corrected chi connectivity index (χ1v) is 6.20. The van der Waals surface area contributed by atoms with Crippen molar-refractivity contribution in [3.8, 4) is 0 Å². The minimum atomic E-state index is 0.0137. The molecule has 1 unspecified atom stereocenters. The molecule has 3 heteroatoms. The number of hydrogen-bond acceptors (Lipinski definition) is 2. The number of nitrogens with one attached hydrogen (secondary N) is 1. The molecule has 1 aromatic rings. The highest BCUT2D eigenvalue weighted by molar-refractivity contribution is 5.86. The van der Waals surface area contributed by atoms with Crippen molar-refractivity contribution in [3.05, 3.63) is 29.8 Å². The number of rotatable bonds is 2. The lowest BCUT2D eigenvalue weighted by Crippen LogP contribution is -2.38. The zero-order chi connectivity index (χ0) is 12.4. The Morgan fingerprint density at radius 2 is 2.12 bits per heavy atom. The van der Waals surface area contributed by atoms with Gasteiger partial charge >= 0.3 is 0 Å². The SMILES string of the molecule is CC(C)N(C)C(=O)C1CCNc2ccccc21. The van der Waals surface area contributed by atoms with Gasteiger partial charge in [0, 0.05) is 25.3 Å². The number of hydrogen-bond donors (Lipinski definition) is 1. The van der Waals surface area contributed by atoms with Gasteiger partial charge < -0.3 is 10.2 Å². The lowest BCUT2D eigenvalue weighted by molar-refractivity contribution is -0.133. The van der Waals surface area contributed by atoms with Crippen LogP contribution in [0.5, 0.6) is 0 Å². The summed E-state index contributed by atoms with van der Waals surface area (Å²) in [6.45, 7) is 4.97. The van der Waals surface area contributed by atoms with E-state index in [0.29, 0.717) is 0 Å². The molecule has 1 amide bonds. The molecule has 3 nitrogen and oxygen atoms in total. The van der Waals surface area contributed by atoms with Crippen molar-refractivity contribution >= 4 is 11.6 Å². The molecule has 1 atom stereocenters. The van der Waals surface area contributed by atoms with Gasteiger partial charge in [0.2, 0.25) is 5.91 Å². The third-order valence-corrected chi connectivity index (χ3v) is 3.50. The van der Waals surface area contributed by atoms with Gasteiger partial charge in [0.25, 0.3) is 0 Å². The summed E-state index contributed by atoms with van der Waals surface area (Å²) < 4.78 is 0. The summed E-state index contributed by atoms with van der Waals surface area (Å²) in [5, 5.41) is 3.34. The highest BCUT2D eigenvalue weighted by atomic mass is 16.2. The van der Waals surface area contributed by atoms with Crippen LogP contribution in [0.4, 0.5) is 5.69 Å². The molecule has 0 bridgehead atoms. The topological polar surface area (TPSA) is 32.3 Å². The van der Waals surface area contributed by atoms with Crippen molar-refractivity contribution in [3.63, 3.8) is 0 Å². The largest absolute Gasteiger partial charge is 0.385 e. The van der Waals surface area contributed by atoms with Crippen LogP contribution in [-0.2, 0) is 4.79 Å². The fourth-order valence-electron chi connectivity index (χ4n) is 2.23. The van der Waals surface area contributed by atoms with Crippen LogP contribution in [0.2, 0.25) is 0 Å². The Morgan fingerprint density at radius 1 is 1.41 bits per heavy atom. The van der Waals surface area contributed by atoms with Crippen molar-refractivity contribution < 1.29 is 4.79 Å². The summed E-state index contributed by atoms with van der Waals surface area (Å²) >= 11 is 0. The Labute approximate surface area is 103 Å². The Morgan fingerprint density at radius 3 is 2.82 bits per heavy atom. The molecule has 1 aliphatic rings. The predicted octanol–water partition coefficient (Wildman–Crippen LogP) is 2.45. The smallest absolute Gasteiger partial charge is 0.230 e. The Hall–Kier alpha value is -1.51. The normalized spacial score (nSPS) is 18.5. The number of nitrogens with zero attached hydrogens (tertiary/aromatic N) is 1. The summed E-state index contributed by atoms with van der Waals surface area (Å²) in [6, 6.07) is 8.36. The maximum absolute atomic E-state index is 12.4. The van der Waals surface area contributed by atoms with Crippen LogP contribution in [0.1, 0.15) is 31.7 Å². The lowest BCUT2D eigenvalue weighted by Gasteiger charge is -2.31. The minimum Gasteiger partial charge on any atom is -0.385 e. The van der Waals surface area contributed by atoms with E-state index in [1.807, 2.05) is 44.0 Å². The molecule has 1 N–H and O–H groups in total. The van der Waals surface area contributed by atoms with Crippen LogP contribution in [-0.4, -0.2) is 30.4 Å². The molecule has 0 spiro atoms. The summed E-state index contributed by atoms with van der Waals surface area (Å²) in [5.41, 5.74) is 2.24. The number of para-hydroxylation sites is 1. The van der Waals surface area contributed by atoms with E-state index in [0.717, 1.165) is 24.2 Å². The first-order chi connectivity index (χ1) is 8.11. The number of carbonyl (C=O) groups is 1. The van der Waals surface area contributed by atoms with Crippen molar-refractivity contribution in [2.75, 3.05) is 18.9 Å². The van der Waals surface area contributed by atoms with Gasteiger partial charge in [-0.3, -0.25) is 4.79 Å². The summed E-state index contributed by atoms with van der Waals surface area (Å²) in [7, 11) is 1.89. The average Bonchev–Trinajstić information content (AvgIpc) is 2.36. The predicted molar refractivity (Wildman–Crippen MR) is 70.2 cm³/mol. The van der Waals surface area contributed by atoms with Crippen LogP contribution in [0.15, 0.2) is 24.3 Å². The molecule has 1 aromatic carbocycles. The van der Waals surface area contributed by atoms with Crippen molar-refractivity contribution in [1.82, 2.24) is 4.90 Å². The molecular formula is C14H20N2O. The lowest BCUT2D eigenvalue weighted by atomic mass is 9.89. The van der Waals surface area contributed by atoms with E-state index in [9.17, 15) is 4.79 Å². The van der Waals surface area contributed by atoms with E-state index in [4.69, 9.17) is 0 Å². The maximum Gasteiger partial charge on any atom is 0.230 e. The molecule has 1 aliphatic heterocycles. The molecule has 1 heterocycles. The van der Waals surface area contributed by atoms with E-state index in [1.165, 1.54) is 0 Å². The number of fused-ring (bicyclic) bond motifs is 1. The minimum absolute atomic E-state index is 0.0137. The monoisotopic (exact) mass is 232 g/mol.